The third-order valence-electron chi connectivity index (χ3n) is 3.19. The molecule has 1 rings (SSSR count). The Morgan fingerprint density at radius 2 is 2.09 bits per heavy atom. The standard InChI is InChI=1S/C16H23ClN2O3/c1-3-4-5-6-7-8-15(20)19-18-11-12-9-13(17)10-14(22-2)16(12)21/h9-11,21H,3-8H2,1-2H3,(H,19,20)/b18-11+. The number of amides is 1. The molecule has 0 aliphatic rings. The first kappa shape index (κ1) is 18.3. The lowest BCUT2D eigenvalue weighted by molar-refractivity contribution is -0.121. The molecule has 0 aromatic heterocycles. The number of carbonyl (C=O) groups excluding carboxylic acids is 1. The third-order valence-corrected chi connectivity index (χ3v) is 3.41. The van der Waals surface area contributed by atoms with Gasteiger partial charge < -0.3 is 9.84 Å². The van der Waals surface area contributed by atoms with Crippen LogP contribution in [0.1, 0.15) is 51.0 Å². The molecule has 0 spiro atoms. The van der Waals surface area contributed by atoms with Gasteiger partial charge in [0.05, 0.1) is 13.3 Å². The van der Waals surface area contributed by atoms with Crippen molar-refractivity contribution in [3.63, 3.8) is 0 Å². The van der Waals surface area contributed by atoms with Crippen LogP contribution in [0.4, 0.5) is 0 Å². The molecule has 0 saturated carbocycles. The maximum Gasteiger partial charge on any atom is 0.240 e. The molecule has 0 aliphatic heterocycles. The number of benzene rings is 1. The summed E-state index contributed by atoms with van der Waals surface area (Å²) in [5.74, 6) is 0.0573. The van der Waals surface area contributed by atoms with Crippen molar-refractivity contribution in [1.29, 1.82) is 0 Å². The molecule has 5 nitrogen and oxygen atoms in total. The number of hydrazone groups is 1. The highest BCUT2D eigenvalue weighted by atomic mass is 35.5. The van der Waals surface area contributed by atoms with Crippen LogP contribution in [0, 0.1) is 0 Å². The van der Waals surface area contributed by atoms with Gasteiger partial charge in [-0.2, -0.15) is 5.10 Å². The number of phenols is 1. The second kappa shape index (κ2) is 10.1. The predicted molar refractivity (Wildman–Crippen MR) is 88.8 cm³/mol. The fraction of sp³-hybridized carbons (Fsp3) is 0.500. The first-order chi connectivity index (χ1) is 10.6. The summed E-state index contributed by atoms with van der Waals surface area (Å²) in [4.78, 5) is 11.6. The highest BCUT2D eigenvalue weighted by Gasteiger charge is 2.08. The number of phenolic OH excluding ortho intramolecular Hbond substituents is 1. The molecule has 0 heterocycles. The van der Waals surface area contributed by atoms with Crippen molar-refractivity contribution in [1.82, 2.24) is 5.43 Å². The number of halogens is 1. The SMILES string of the molecule is CCCCCCCC(=O)N/N=C/c1cc(Cl)cc(OC)c1O. The molecule has 0 saturated heterocycles. The molecular weight excluding hydrogens is 304 g/mol. The van der Waals surface area contributed by atoms with Crippen LogP contribution in [0.2, 0.25) is 5.02 Å². The van der Waals surface area contributed by atoms with Gasteiger partial charge in [-0.05, 0) is 12.5 Å². The summed E-state index contributed by atoms with van der Waals surface area (Å²) >= 11 is 5.91. The fourth-order valence-corrected chi connectivity index (χ4v) is 2.18. The van der Waals surface area contributed by atoms with Gasteiger partial charge in [0.1, 0.15) is 0 Å². The summed E-state index contributed by atoms with van der Waals surface area (Å²) in [6, 6.07) is 3.04. The molecule has 0 aliphatic carbocycles. The molecule has 0 unspecified atom stereocenters. The van der Waals surface area contributed by atoms with Crippen molar-refractivity contribution in [3.8, 4) is 11.5 Å². The summed E-state index contributed by atoms with van der Waals surface area (Å²) in [5, 5.41) is 14.2. The van der Waals surface area contributed by atoms with Crippen LogP contribution in [0.15, 0.2) is 17.2 Å². The lowest BCUT2D eigenvalue weighted by atomic mass is 10.1. The summed E-state index contributed by atoms with van der Waals surface area (Å²) in [5.41, 5.74) is 2.82. The normalized spacial score (nSPS) is 10.9. The molecule has 1 amide bonds. The van der Waals surface area contributed by atoms with Gasteiger partial charge in [-0.25, -0.2) is 5.43 Å². The molecule has 2 N–H and O–H groups in total. The van der Waals surface area contributed by atoms with Crippen LogP contribution >= 0.6 is 11.6 Å². The van der Waals surface area contributed by atoms with E-state index in [1.54, 1.807) is 6.07 Å². The summed E-state index contributed by atoms with van der Waals surface area (Å²) < 4.78 is 5.00. The number of aromatic hydroxyl groups is 1. The van der Waals surface area contributed by atoms with Crippen molar-refractivity contribution in [2.24, 2.45) is 5.10 Å². The van der Waals surface area contributed by atoms with Gasteiger partial charge in [-0.3, -0.25) is 4.79 Å². The number of rotatable bonds is 9. The van der Waals surface area contributed by atoms with E-state index in [2.05, 4.69) is 17.5 Å². The number of nitrogens with zero attached hydrogens (tertiary/aromatic N) is 1. The van der Waals surface area contributed by atoms with E-state index >= 15 is 0 Å². The van der Waals surface area contributed by atoms with Crippen LogP contribution in [-0.2, 0) is 4.79 Å². The molecule has 6 heteroatoms. The fourth-order valence-electron chi connectivity index (χ4n) is 1.97. The molecule has 0 radical (unpaired) electrons. The van der Waals surface area contributed by atoms with Crippen molar-refractivity contribution in [3.05, 3.63) is 22.7 Å². The molecule has 0 bridgehead atoms. The number of carbonyl (C=O) groups is 1. The Morgan fingerprint density at radius 3 is 2.77 bits per heavy atom. The average molecular weight is 327 g/mol. The zero-order valence-corrected chi connectivity index (χ0v) is 13.8. The summed E-state index contributed by atoms with van der Waals surface area (Å²) in [7, 11) is 1.44. The minimum atomic E-state index is -0.138. The van der Waals surface area contributed by atoms with Gasteiger partial charge in [0, 0.05) is 23.1 Å². The zero-order chi connectivity index (χ0) is 16.4. The van der Waals surface area contributed by atoms with Gasteiger partial charge in [-0.1, -0.05) is 44.2 Å². The second-order valence-electron chi connectivity index (χ2n) is 5.00. The Kier molecular flexibility index (Phi) is 8.36. The first-order valence-corrected chi connectivity index (χ1v) is 7.84. The van der Waals surface area contributed by atoms with Gasteiger partial charge in [0.2, 0.25) is 5.91 Å². The highest BCUT2D eigenvalue weighted by Crippen LogP contribution is 2.32. The van der Waals surface area contributed by atoms with Crippen LogP contribution in [0.3, 0.4) is 0 Å². The van der Waals surface area contributed by atoms with E-state index in [-0.39, 0.29) is 17.4 Å². The number of ether oxygens (including phenoxy) is 1. The molecule has 1 aromatic rings. The van der Waals surface area contributed by atoms with Crippen LogP contribution in [0.5, 0.6) is 11.5 Å². The number of methoxy groups -OCH3 is 1. The third kappa shape index (κ3) is 6.35. The Bertz CT molecular complexity index is 518. The maximum atomic E-state index is 11.6. The topological polar surface area (TPSA) is 70.9 Å². The van der Waals surface area contributed by atoms with Crippen molar-refractivity contribution >= 4 is 23.7 Å². The summed E-state index contributed by atoms with van der Waals surface area (Å²) in [6.07, 6.45) is 7.25. The quantitative estimate of drug-likeness (QED) is 0.411. The van der Waals surface area contributed by atoms with Gasteiger partial charge in [0.25, 0.3) is 0 Å². The minimum absolute atomic E-state index is 0.0653. The Labute approximate surface area is 136 Å². The highest BCUT2D eigenvalue weighted by molar-refractivity contribution is 6.31. The Hall–Kier alpha value is -1.75. The van der Waals surface area contributed by atoms with Crippen LogP contribution < -0.4 is 10.2 Å². The zero-order valence-electron chi connectivity index (χ0n) is 13.1. The molecule has 0 atom stereocenters. The van der Waals surface area contributed by atoms with E-state index in [0.29, 0.717) is 17.0 Å². The lowest BCUT2D eigenvalue weighted by Crippen LogP contribution is -2.16. The van der Waals surface area contributed by atoms with E-state index in [0.717, 1.165) is 19.3 Å². The lowest BCUT2D eigenvalue weighted by Gasteiger charge is -2.06. The molecule has 1 aromatic carbocycles. The van der Waals surface area contributed by atoms with E-state index in [1.807, 2.05) is 0 Å². The minimum Gasteiger partial charge on any atom is -0.504 e. The molecule has 0 fully saturated rings. The Balaban J connectivity index is 2.45. The number of hydrogen-bond acceptors (Lipinski definition) is 4. The first-order valence-electron chi connectivity index (χ1n) is 7.46. The Morgan fingerprint density at radius 1 is 1.36 bits per heavy atom. The van der Waals surface area contributed by atoms with Gasteiger partial charge >= 0.3 is 0 Å². The van der Waals surface area contributed by atoms with Crippen molar-refractivity contribution in [2.45, 2.75) is 45.4 Å². The van der Waals surface area contributed by atoms with Crippen LogP contribution in [-0.4, -0.2) is 24.3 Å². The molecule has 22 heavy (non-hydrogen) atoms. The van der Waals surface area contributed by atoms with E-state index < -0.39 is 0 Å². The van der Waals surface area contributed by atoms with E-state index in [4.69, 9.17) is 16.3 Å². The van der Waals surface area contributed by atoms with E-state index in [9.17, 15) is 9.90 Å². The van der Waals surface area contributed by atoms with Crippen LogP contribution in [0.25, 0.3) is 0 Å². The number of unbranched alkanes of at least 4 members (excludes halogenated alkanes) is 4. The molecular formula is C16H23ClN2O3. The van der Waals surface area contributed by atoms with Gasteiger partial charge in [-0.15, -0.1) is 0 Å². The van der Waals surface area contributed by atoms with E-state index in [1.165, 1.54) is 32.2 Å². The average Bonchev–Trinajstić information content (AvgIpc) is 2.50. The smallest absolute Gasteiger partial charge is 0.240 e. The largest absolute Gasteiger partial charge is 0.504 e. The van der Waals surface area contributed by atoms with Crippen molar-refractivity contribution < 1.29 is 14.6 Å². The van der Waals surface area contributed by atoms with Gasteiger partial charge in [0.15, 0.2) is 11.5 Å². The second-order valence-corrected chi connectivity index (χ2v) is 5.44. The molecule has 122 valence electrons. The number of hydrogen-bond donors (Lipinski definition) is 2. The maximum absolute atomic E-state index is 11.6. The van der Waals surface area contributed by atoms with Crippen molar-refractivity contribution in [2.75, 3.05) is 7.11 Å². The predicted octanol–water partition coefficient (Wildman–Crippen LogP) is 3.86. The monoisotopic (exact) mass is 326 g/mol. The number of nitrogens with one attached hydrogen (secondary N) is 1. The summed E-state index contributed by atoms with van der Waals surface area (Å²) in [6.45, 7) is 2.15.